The predicted octanol–water partition coefficient (Wildman–Crippen LogP) is 5.49. The second-order valence-electron chi connectivity index (χ2n) is 7.00. The number of carboxylic acids is 1. The van der Waals surface area contributed by atoms with Gasteiger partial charge in [-0.25, -0.2) is 18.2 Å². The Morgan fingerprint density at radius 2 is 1.82 bits per heavy atom. The Hall–Kier alpha value is -2.80. The summed E-state index contributed by atoms with van der Waals surface area (Å²) in [6.45, 7) is 3.48. The van der Waals surface area contributed by atoms with Crippen LogP contribution in [-0.4, -0.2) is 30.4 Å². The Morgan fingerprint density at radius 3 is 2.55 bits per heavy atom. The number of carbonyl (C=O) groups is 2. The van der Waals surface area contributed by atoms with Gasteiger partial charge in [0.1, 0.15) is 4.90 Å². The van der Waals surface area contributed by atoms with Gasteiger partial charge in [0.2, 0.25) is 0 Å². The topological polar surface area (TPSA) is 125 Å². The molecule has 3 N–H and O–H groups in total. The molecular weight excluding hydrogens is 550 g/mol. The van der Waals surface area contributed by atoms with E-state index >= 15 is 0 Å². The highest BCUT2D eigenvalue weighted by atomic mass is 79.9. The number of nitrogens with one attached hydrogen (secondary N) is 2. The van der Waals surface area contributed by atoms with E-state index in [1.807, 2.05) is 6.92 Å². The standard InChI is InChI=1S/C21H16BrN3O5S3/c1-10-19(33(29,30)25-13-4-6-17-16(8-13)23-11(2)32-17)9-18(31-10)20(26)24-15-5-3-12(22)7-14(15)21(27)28/h3-9,25H,1-2H3,(H,24,26)(H,27,28). The van der Waals surface area contributed by atoms with Crippen LogP contribution >= 0.6 is 38.6 Å². The van der Waals surface area contributed by atoms with Gasteiger partial charge in [-0.1, -0.05) is 15.9 Å². The van der Waals surface area contributed by atoms with E-state index in [0.717, 1.165) is 21.0 Å². The molecule has 4 rings (SSSR count). The van der Waals surface area contributed by atoms with E-state index in [4.69, 9.17) is 0 Å². The highest BCUT2D eigenvalue weighted by molar-refractivity contribution is 9.10. The summed E-state index contributed by atoms with van der Waals surface area (Å²) in [7, 11) is -3.96. The lowest BCUT2D eigenvalue weighted by atomic mass is 10.2. The smallest absolute Gasteiger partial charge is 0.337 e. The third-order valence-electron chi connectivity index (χ3n) is 4.59. The number of hydrogen-bond donors (Lipinski definition) is 3. The number of carbonyl (C=O) groups excluding carboxylic acids is 1. The molecule has 0 saturated carbocycles. The number of hydrogen-bond acceptors (Lipinski definition) is 7. The van der Waals surface area contributed by atoms with E-state index in [0.29, 0.717) is 20.6 Å². The van der Waals surface area contributed by atoms with Crippen molar-refractivity contribution >= 4 is 82.1 Å². The molecule has 0 fully saturated rings. The van der Waals surface area contributed by atoms with Crippen LogP contribution in [0.2, 0.25) is 0 Å². The number of nitrogens with zero attached hydrogens (tertiary/aromatic N) is 1. The lowest BCUT2D eigenvalue weighted by molar-refractivity contribution is 0.0698. The zero-order chi connectivity index (χ0) is 23.9. The van der Waals surface area contributed by atoms with Crippen molar-refractivity contribution in [2.24, 2.45) is 0 Å². The van der Waals surface area contributed by atoms with Crippen molar-refractivity contribution in [1.29, 1.82) is 0 Å². The second kappa shape index (κ2) is 8.86. The van der Waals surface area contributed by atoms with Crippen molar-refractivity contribution in [3.8, 4) is 0 Å². The van der Waals surface area contributed by atoms with Crippen LogP contribution in [0.1, 0.15) is 29.9 Å². The fourth-order valence-corrected chi connectivity index (χ4v) is 6.85. The molecule has 2 aromatic heterocycles. The first kappa shape index (κ1) is 23.4. The highest BCUT2D eigenvalue weighted by Gasteiger charge is 2.24. The number of aryl methyl sites for hydroxylation is 2. The number of rotatable bonds is 6. The molecule has 0 spiro atoms. The summed E-state index contributed by atoms with van der Waals surface area (Å²) in [4.78, 5) is 29.1. The van der Waals surface area contributed by atoms with Gasteiger partial charge in [-0.2, -0.15) is 0 Å². The van der Waals surface area contributed by atoms with E-state index in [9.17, 15) is 23.1 Å². The van der Waals surface area contributed by atoms with E-state index in [-0.39, 0.29) is 21.0 Å². The first-order valence-electron chi connectivity index (χ1n) is 9.38. The summed E-state index contributed by atoms with van der Waals surface area (Å²) >= 11 is 5.72. The van der Waals surface area contributed by atoms with Crippen molar-refractivity contribution in [3.05, 3.63) is 67.3 Å². The number of benzene rings is 2. The molecule has 0 aliphatic carbocycles. The van der Waals surface area contributed by atoms with Gasteiger partial charge < -0.3 is 10.4 Å². The zero-order valence-corrected chi connectivity index (χ0v) is 21.2. The van der Waals surface area contributed by atoms with Gasteiger partial charge in [0, 0.05) is 9.35 Å². The average Bonchev–Trinajstić information content (AvgIpc) is 3.30. The maximum absolute atomic E-state index is 13.0. The van der Waals surface area contributed by atoms with Crippen molar-refractivity contribution in [3.63, 3.8) is 0 Å². The molecule has 4 aromatic rings. The molecule has 0 saturated heterocycles. The molecule has 0 radical (unpaired) electrons. The van der Waals surface area contributed by atoms with E-state index < -0.39 is 21.9 Å². The third-order valence-corrected chi connectivity index (χ3v) is 8.72. The number of thiazole rings is 1. The molecule has 33 heavy (non-hydrogen) atoms. The quantitative estimate of drug-likeness (QED) is 0.284. The molecule has 2 heterocycles. The van der Waals surface area contributed by atoms with Crippen LogP contribution in [-0.2, 0) is 10.0 Å². The molecule has 1 amide bonds. The summed E-state index contributed by atoms with van der Waals surface area (Å²) in [5.41, 5.74) is 1.08. The van der Waals surface area contributed by atoms with Crippen LogP contribution < -0.4 is 10.0 Å². The lowest BCUT2D eigenvalue weighted by Gasteiger charge is -2.08. The molecule has 8 nitrogen and oxygen atoms in total. The largest absolute Gasteiger partial charge is 0.478 e. The summed E-state index contributed by atoms with van der Waals surface area (Å²) < 4.78 is 30.0. The van der Waals surface area contributed by atoms with Crippen LogP contribution in [0.15, 0.2) is 51.8 Å². The molecule has 0 aliphatic heterocycles. The van der Waals surface area contributed by atoms with Crippen LogP contribution in [0, 0.1) is 13.8 Å². The molecule has 0 unspecified atom stereocenters. The molecule has 170 valence electrons. The van der Waals surface area contributed by atoms with Gasteiger partial charge in [-0.15, -0.1) is 22.7 Å². The van der Waals surface area contributed by atoms with Gasteiger partial charge >= 0.3 is 5.97 Å². The SMILES string of the molecule is Cc1nc2cc(NS(=O)(=O)c3cc(C(=O)Nc4ccc(Br)cc4C(=O)O)sc3C)ccc2s1. The monoisotopic (exact) mass is 565 g/mol. The molecule has 0 bridgehead atoms. The maximum Gasteiger partial charge on any atom is 0.337 e. The fourth-order valence-electron chi connectivity index (χ4n) is 3.15. The first-order valence-corrected chi connectivity index (χ1v) is 13.3. The van der Waals surface area contributed by atoms with Gasteiger partial charge in [0.05, 0.1) is 37.0 Å². The number of halogens is 1. The third kappa shape index (κ3) is 4.93. The summed E-state index contributed by atoms with van der Waals surface area (Å²) in [6.07, 6.45) is 0. The molecule has 0 aliphatic rings. The average molecular weight is 566 g/mol. The lowest BCUT2D eigenvalue weighted by Crippen LogP contribution is -2.15. The number of anilines is 2. The number of aromatic nitrogens is 1. The minimum Gasteiger partial charge on any atom is -0.478 e. The normalized spacial score (nSPS) is 11.5. The van der Waals surface area contributed by atoms with Gasteiger partial charge in [0.15, 0.2) is 0 Å². The van der Waals surface area contributed by atoms with E-state index in [1.165, 1.54) is 29.5 Å². The van der Waals surface area contributed by atoms with Gasteiger partial charge in [0.25, 0.3) is 15.9 Å². The fraction of sp³-hybridized carbons (Fsp3) is 0.0952. The van der Waals surface area contributed by atoms with Crippen LogP contribution in [0.3, 0.4) is 0 Å². The summed E-state index contributed by atoms with van der Waals surface area (Å²) in [5, 5.41) is 12.8. The van der Waals surface area contributed by atoms with Gasteiger partial charge in [-0.3, -0.25) is 9.52 Å². The molecule has 0 atom stereocenters. The summed E-state index contributed by atoms with van der Waals surface area (Å²) in [5.74, 6) is -1.80. The van der Waals surface area contributed by atoms with E-state index in [1.54, 1.807) is 31.2 Å². The Kier molecular flexibility index (Phi) is 6.27. The Bertz CT molecular complexity index is 1530. The van der Waals surface area contributed by atoms with Crippen molar-refractivity contribution < 1.29 is 23.1 Å². The maximum atomic E-state index is 13.0. The minimum atomic E-state index is -3.96. The number of aromatic carboxylic acids is 1. The van der Waals surface area contributed by atoms with Crippen LogP contribution in [0.4, 0.5) is 11.4 Å². The summed E-state index contributed by atoms with van der Waals surface area (Å²) in [6, 6.07) is 10.8. The molecule has 2 aromatic carbocycles. The Morgan fingerprint density at radius 1 is 1.06 bits per heavy atom. The predicted molar refractivity (Wildman–Crippen MR) is 133 cm³/mol. The number of sulfonamides is 1. The van der Waals surface area contributed by atoms with Crippen molar-refractivity contribution in [2.75, 3.05) is 10.0 Å². The molecule has 12 heteroatoms. The van der Waals surface area contributed by atoms with Crippen molar-refractivity contribution in [1.82, 2.24) is 4.98 Å². The zero-order valence-electron chi connectivity index (χ0n) is 17.2. The van der Waals surface area contributed by atoms with Gasteiger partial charge in [-0.05, 0) is 56.3 Å². The van der Waals surface area contributed by atoms with Crippen LogP contribution in [0.25, 0.3) is 10.2 Å². The van der Waals surface area contributed by atoms with Crippen LogP contribution in [0.5, 0.6) is 0 Å². The Balaban J connectivity index is 1.59. The Labute approximate surface area is 205 Å². The second-order valence-corrected chi connectivity index (χ2v) is 12.1. The van der Waals surface area contributed by atoms with Crippen molar-refractivity contribution in [2.45, 2.75) is 18.7 Å². The highest BCUT2D eigenvalue weighted by Crippen LogP contribution is 2.30. The van der Waals surface area contributed by atoms with E-state index in [2.05, 4.69) is 31.0 Å². The number of amides is 1. The minimum absolute atomic E-state index is 0.0264. The number of thiophene rings is 1. The number of carboxylic acid groups (broad SMARTS) is 1. The first-order chi connectivity index (χ1) is 15.5. The number of fused-ring (bicyclic) bond motifs is 1. The molecular formula is C21H16BrN3O5S3.